The van der Waals surface area contributed by atoms with Crippen molar-refractivity contribution in [1.29, 1.82) is 0 Å². The van der Waals surface area contributed by atoms with Gasteiger partial charge in [0.1, 0.15) is 0 Å². The summed E-state index contributed by atoms with van der Waals surface area (Å²) >= 11 is 5.44. The highest BCUT2D eigenvalue weighted by Gasteiger charge is 2.12. The van der Waals surface area contributed by atoms with Crippen LogP contribution in [0.5, 0.6) is 0 Å². The Morgan fingerprint density at radius 2 is 2.50 bits per heavy atom. The Bertz CT molecular complexity index is 40.1. The van der Waals surface area contributed by atoms with Crippen LogP contribution in [0.2, 0.25) is 0 Å². The van der Waals surface area contributed by atoms with Crippen molar-refractivity contribution in [3.8, 4) is 0 Å². The van der Waals surface area contributed by atoms with Crippen LogP contribution in [-0.4, -0.2) is 18.5 Å². The van der Waals surface area contributed by atoms with E-state index in [4.69, 9.17) is 11.6 Å². The van der Waals surface area contributed by atoms with Crippen LogP contribution in [0.25, 0.3) is 0 Å². The van der Waals surface area contributed by atoms with Crippen molar-refractivity contribution in [3.63, 3.8) is 0 Å². The van der Waals surface area contributed by atoms with Crippen molar-refractivity contribution in [1.82, 2.24) is 5.32 Å². The zero-order valence-corrected chi connectivity index (χ0v) is 4.33. The van der Waals surface area contributed by atoms with E-state index in [1.54, 1.807) is 0 Å². The van der Waals surface area contributed by atoms with Gasteiger partial charge in [0.15, 0.2) is 0 Å². The maximum absolute atomic E-state index is 5.44. The third-order valence-corrected chi connectivity index (χ3v) is 1.48. The molecule has 0 aliphatic carbocycles. The number of rotatable bonds is 1. The average molecular weight is 106 g/mol. The summed E-state index contributed by atoms with van der Waals surface area (Å²) in [6.07, 6.45) is 1.27. The molecule has 1 aliphatic rings. The maximum Gasteiger partial charge on any atom is 0.0377 e. The first-order chi connectivity index (χ1) is 2.93. The molecule has 1 heterocycles. The monoisotopic (exact) mass is 105 g/mol. The average Bonchev–Trinajstić information content (AvgIpc) is 1.31. The van der Waals surface area contributed by atoms with Gasteiger partial charge in [-0.2, -0.15) is 0 Å². The molecule has 1 fully saturated rings. The predicted octanol–water partition coefficient (Wildman–Crippen LogP) is 0.587. The molecular formula is C4H8ClN. The molecule has 1 nitrogen and oxygen atoms in total. The topological polar surface area (TPSA) is 12.0 Å². The molecule has 0 spiro atoms. The SMILES string of the molecule is ClCC1CCN1. The summed E-state index contributed by atoms with van der Waals surface area (Å²) in [7, 11) is 0. The summed E-state index contributed by atoms with van der Waals surface area (Å²) in [6.45, 7) is 1.16. The quantitative estimate of drug-likeness (QED) is 0.482. The van der Waals surface area contributed by atoms with Gasteiger partial charge in [-0.1, -0.05) is 0 Å². The summed E-state index contributed by atoms with van der Waals surface area (Å²) in [5.41, 5.74) is 0. The molecule has 0 aromatic rings. The minimum atomic E-state index is 0.631. The van der Waals surface area contributed by atoms with Crippen molar-refractivity contribution in [2.75, 3.05) is 12.4 Å². The molecular weight excluding hydrogens is 97.5 g/mol. The summed E-state index contributed by atoms with van der Waals surface area (Å²) in [5.74, 6) is 0.778. The van der Waals surface area contributed by atoms with Gasteiger partial charge in [0, 0.05) is 11.9 Å². The molecule has 0 aromatic carbocycles. The van der Waals surface area contributed by atoms with Gasteiger partial charge in [0.25, 0.3) is 0 Å². The Balaban J connectivity index is 2.01. The first-order valence-electron chi connectivity index (χ1n) is 2.23. The Kier molecular flexibility index (Phi) is 1.33. The van der Waals surface area contributed by atoms with Crippen molar-refractivity contribution in [2.45, 2.75) is 12.5 Å². The van der Waals surface area contributed by atoms with E-state index in [1.807, 2.05) is 0 Å². The fraction of sp³-hybridized carbons (Fsp3) is 1.00. The molecule has 0 saturated carbocycles. The molecule has 36 valence electrons. The van der Waals surface area contributed by atoms with Crippen molar-refractivity contribution in [2.24, 2.45) is 0 Å². The van der Waals surface area contributed by atoms with Gasteiger partial charge >= 0.3 is 0 Å². The standard InChI is InChI=1S/C4H8ClN/c5-3-4-1-2-6-4/h4,6H,1-3H2. The molecule has 1 aliphatic heterocycles. The second kappa shape index (κ2) is 1.80. The van der Waals surface area contributed by atoms with Gasteiger partial charge in [0.2, 0.25) is 0 Å². The molecule has 0 radical (unpaired) electrons. The molecule has 0 amide bonds. The zero-order chi connectivity index (χ0) is 4.41. The van der Waals surface area contributed by atoms with E-state index in [-0.39, 0.29) is 0 Å². The lowest BCUT2D eigenvalue weighted by Crippen LogP contribution is -2.43. The van der Waals surface area contributed by atoms with E-state index in [0.29, 0.717) is 6.04 Å². The second-order valence-corrected chi connectivity index (χ2v) is 1.90. The van der Waals surface area contributed by atoms with Crippen molar-refractivity contribution >= 4 is 11.6 Å². The van der Waals surface area contributed by atoms with Gasteiger partial charge in [-0.15, -0.1) is 11.6 Å². The molecule has 1 rings (SSSR count). The van der Waals surface area contributed by atoms with Crippen molar-refractivity contribution in [3.05, 3.63) is 0 Å². The van der Waals surface area contributed by atoms with Crippen LogP contribution in [0, 0.1) is 0 Å². The van der Waals surface area contributed by atoms with Gasteiger partial charge in [-0.3, -0.25) is 0 Å². The number of hydrogen-bond acceptors (Lipinski definition) is 1. The molecule has 0 aromatic heterocycles. The minimum Gasteiger partial charge on any atom is -0.313 e. The Morgan fingerprint density at radius 1 is 1.83 bits per heavy atom. The van der Waals surface area contributed by atoms with Gasteiger partial charge in [-0.05, 0) is 13.0 Å². The second-order valence-electron chi connectivity index (χ2n) is 1.59. The molecule has 1 saturated heterocycles. The number of nitrogens with one attached hydrogen (secondary N) is 1. The zero-order valence-electron chi connectivity index (χ0n) is 3.58. The fourth-order valence-corrected chi connectivity index (χ4v) is 0.744. The van der Waals surface area contributed by atoms with E-state index in [1.165, 1.54) is 6.42 Å². The number of hydrogen-bond donors (Lipinski definition) is 1. The van der Waals surface area contributed by atoms with E-state index in [0.717, 1.165) is 12.4 Å². The van der Waals surface area contributed by atoms with Gasteiger partial charge in [0.05, 0.1) is 0 Å². The normalized spacial score (nSPS) is 32.5. The molecule has 0 bridgehead atoms. The largest absolute Gasteiger partial charge is 0.313 e. The Labute approximate surface area is 42.7 Å². The van der Waals surface area contributed by atoms with E-state index in [2.05, 4.69) is 5.32 Å². The van der Waals surface area contributed by atoms with Crippen LogP contribution in [0.4, 0.5) is 0 Å². The molecule has 1 unspecified atom stereocenters. The summed E-state index contributed by atoms with van der Waals surface area (Å²) in [4.78, 5) is 0. The van der Waals surface area contributed by atoms with Gasteiger partial charge < -0.3 is 5.32 Å². The lowest BCUT2D eigenvalue weighted by atomic mass is 10.1. The maximum atomic E-state index is 5.44. The van der Waals surface area contributed by atoms with E-state index >= 15 is 0 Å². The molecule has 1 atom stereocenters. The summed E-state index contributed by atoms with van der Waals surface area (Å²) in [6, 6.07) is 0.631. The van der Waals surface area contributed by atoms with Crippen LogP contribution in [0.1, 0.15) is 6.42 Å². The molecule has 2 heteroatoms. The van der Waals surface area contributed by atoms with Crippen LogP contribution < -0.4 is 5.32 Å². The highest BCUT2D eigenvalue weighted by atomic mass is 35.5. The van der Waals surface area contributed by atoms with Crippen LogP contribution >= 0.6 is 11.6 Å². The van der Waals surface area contributed by atoms with E-state index in [9.17, 15) is 0 Å². The summed E-state index contributed by atoms with van der Waals surface area (Å²) < 4.78 is 0. The minimum absolute atomic E-state index is 0.631. The predicted molar refractivity (Wildman–Crippen MR) is 27.1 cm³/mol. The first kappa shape index (κ1) is 4.41. The third-order valence-electron chi connectivity index (χ3n) is 1.11. The Morgan fingerprint density at radius 3 is 2.50 bits per heavy atom. The number of alkyl halides is 1. The highest BCUT2D eigenvalue weighted by molar-refractivity contribution is 6.18. The third kappa shape index (κ3) is 0.660. The number of halogens is 1. The fourth-order valence-electron chi connectivity index (χ4n) is 0.480. The summed E-state index contributed by atoms with van der Waals surface area (Å²) in [5, 5.41) is 3.16. The lowest BCUT2D eigenvalue weighted by molar-refractivity contribution is 0.403. The Hall–Kier alpha value is 0.250. The van der Waals surface area contributed by atoms with E-state index < -0.39 is 0 Å². The van der Waals surface area contributed by atoms with Gasteiger partial charge in [-0.25, -0.2) is 0 Å². The van der Waals surface area contributed by atoms with Crippen LogP contribution in [-0.2, 0) is 0 Å². The smallest absolute Gasteiger partial charge is 0.0377 e. The van der Waals surface area contributed by atoms with Crippen LogP contribution in [0.3, 0.4) is 0 Å². The van der Waals surface area contributed by atoms with Crippen molar-refractivity contribution < 1.29 is 0 Å². The first-order valence-corrected chi connectivity index (χ1v) is 2.76. The molecule has 1 N–H and O–H groups in total. The highest BCUT2D eigenvalue weighted by Crippen LogP contribution is 2.01. The van der Waals surface area contributed by atoms with Crippen LogP contribution in [0.15, 0.2) is 0 Å². The lowest BCUT2D eigenvalue weighted by Gasteiger charge is -2.24. The molecule has 6 heavy (non-hydrogen) atoms.